The summed E-state index contributed by atoms with van der Waals surface area (Å²) in [6, 6.07) is 2.78. The molecule has 0 atom stereocenters. The summed E-state index contributed by atoms with van der Waals surface area (Å²) in [5, 5.41) is 18.9. The number of carbonyl (C=O) groups is 1. The summed E-state index contributed by atoms with van der Waals surface area (Å²) in [5.74, 6) is 0.169. The molecule has 3 N–H and O–H groups in total. The summed E-state index contributed by atoms with van der Waals surface area (Å²) in [6.07, 6.45) is 4.50. The number of H-pyrrole nitrogens is 1. The number of hydrogen-bond acceptors (Lipinski definition) is 3. The molecule has 2 aromatic rings. The van der Waals surface area contributed by atoms with Crippen LogP contribution >= 0.6 is 0 Å². The predicted molar refractivity (Wildman–Crippen MR) is 65.9 cm³/mol. The molecule has 1 aromatic heterocycles. The number of fused-ring (bicyclic) bond motifs is 1. The second kappa shape index (κ2) is 4.01. The maximum absolute atomic E-state index is 11.1. The molecule has 1 aliphatic carbocycles. The van der Waals surface area contributed by atoms with Crippen molar-refractivity contribution in [2.24, 2.45) is 0 Å². The van der Waals surface area contributed by atoms with Crippen LogP contribution in [0.3, 0.4) is 0 Å². The van der Waals surface area contributed by atoms with Crippen LogP contribution in [0.1, 0.15) is 47.8 Å². The van der Waals surface area contributed by atoms with Crippen LogP contribution in [-0.2, 0) is 0 Å². The summed E-state index contributed by atoms with van der Waals surface area (Å²) in [6.45, 7) is 0. The van der Waals surface area contributed by atoms with Gasteiger partial charge < -0.3 is 15.2 Å². The normalized spacial score (nSPS) is 16.4. The van der Waals surface area contributed by atoms with Gasteiger partial charge in [0.15, 0.2) is 0 Å². The average molecular weight is 246 g/mol. The van der Waals surface area contributed by atoms with Crippen LogP contribution in [0.15, 0.2) is 12.1 Å². The van der Waals surface area contributed by atoms with Crippen molar-refractivity contribution in [3.05, 3.63) is 23.5 Å². The minimum atomic E-state index is -1.01. The standard InChI is InChI=1S/C13H14N2O3/c16-9-6-5-8(13(17)18)10-11(9)15-12(14-10)7-3-1-2-4-7/h5-7,16H,1-4H2,(H,14,15)(H,17,18). The van der Waals surface area contributed by atoms with Gasteiger partial charge in [0.1, 0.15) is 17.1 Å². The summed E-state index contributed by atoms with van der Waals surface area (Å²) in [5.41, 5.74) is 0.931. The number of imidazole rings is 1. The van der Waals surface area contributed by atoms with Crippen molar-refractivity contribution in [1.82, 2.24) is 9.97 Å². The Hall–Kier alpha value is -2.04. The summed E-state index contributed by atoms with van der Waals surface area (Å²) >= 11 is 0. The van der Waals surface area contributed by atoms with Gasteiger partial charge in [-0.15, -0.1) is 0 Å². The van der Waals surface area contributed by atoms with E-state index in [1.807, 2.05) is 0 Å². The second-order valence-corrected chi connectivity index (χ2v) is 4.76. The third-order valence-corrected chi connectivity index (χ3v) is 3.61. The number of aromatic amines is 1. The molecule has 0 spiro atoms. The summed E-state index contributed by atoms with van der Waals surface area (Å²) < 4.78 is 0. The first-order valence-corrected chi connectivity index (χ1v) is 6.11. The van der Waals surface area contributed by atoms with Gasteiger partial charge >= 0.3 is 5.97 Å². The van der Waals surface area contributed by atoms with E-state index in [0.29, 0.717) is 17.0 Å². The Kier molecular flexibility index (Phi) is 2.47. The molecule has 1 fully saturated rings. The zero-order valence-electron chi connectivity index (χ0n) is 9.81. The van der Waals surface area contributed by atoms with Crippen molar-refractivity contribution in [3.63, 3.8) is 0 Å². The third-order valence-electron chi connectivity index (χ3n) is 3.61. The topological polar surface area (TPSA) is 86.2 Å². The first-order valence-electron chi connectivity index (χ1n) is 6.11. The number of aromatic hydroxyl groups is 1. The van der Waals surface area contributed by atoms with Gasteiger partial charge in [-0.3, -0.25) is 0 Å². The molecule has 0 aliphatic heterocycles. The van der Waals surface area contributed by atoms with E-state index >= 15 is 0 Å². The Morgan fingerprint density at radius 3 is 2.72 bits per heavy atom. The number of carboxylic acid groups (broad SMARTS) is 1. The third kappa shape index (κ3) is 1.63. The van der Waals surface area contributed by atoms with Gasteiger partial charge in [-0.25, -0.2) is 9.78 Å². The Morgan fingerprint density at radius 1 is 1.33 bits per heavy atom. The molecule has 1 aliphatic rings. The number of phenols is 1. The molecule has 1 heterocycles. The largest absolute Gasteiger partial charge is 0.506 e. The first kappa shape index (κ1) is 11.1. The number of nitrogens with zero attached hydrogens (tertiary/aromatic N) is 1. The lowest BCUT2D eigenvalue weighted by Gasteiger charge is -2.02. The van der Waals surface area contributed by atoms with Crippen LogP contribution < -0.4 is 0 Å². The molecular weight excluding hydrogens is 232 g/mol. The fourth-order valence-electron chi connectivity index (χ4n) is 2.67. The summed E-state index contributed by atoms with van der Waals surface area (Å²) in [7, 11) is 0. The van der Waals surface area contributed by atoms with Gasteiger partial charge in [-0.2, -0.15) is 0 Å². The number of carboxylic acids is 1. The molecule has 1 saturated carbocycles. The number of rotatable bonds is 2. The van der Waals surface area contributed by atoms with Crippen LogP contribution in [0.25, 0.3) is 11.0 Å². The fraction of sp³-hybridized carbons (Fsp3) is 0.385. The number of benzene rings is 1. The van der Waals surface area contributed by atoms with E-state index in [9.17, 15) is 9.90 Å². The van der Waals surface area contributed by atoms with Gasteiger partial charge in [-0.05, 0) is 25.0 Å². The van der Waals surface area contributed by atoms with Crippen LogP contribution in [0.5, 0.6) is 5.75 Å². The minimum Gasteiger partial charge on any atom is -0.506 e. The molecule has 0 amide bonds. The monoisotopic (exact) mass is 246 g/mol. The molecular formula is C13H14N2O3. The number of aromatic nitrogens is 2. The van der Waals surface area contributed by atoms with Gasteiger partial charge in [0.25, 0.3) is 0 Å². The maximum Gasteiger partial charge on any atom is 0.337 e. The molecule has 5 heteroatoms. The lowest BCUT2D eigenvalue weighted by atomic mass is 10.1. The van der Waals surface area contributed by atoms with E-state index in [1.165, 1.54) is 25.0 Å². The Balaban J connectivity index is 2.17. The predicted octanol–water partition coefficient (Wildman–Crippen LogP) is 2.62. The first-order chi connectivity index (χ1) is 8.66. The van der Waals surface area contributed by atoms with Crippen LogP contribution in [0.2, 0.25) is 0 Å². The lowest BCUT2D eigenvalue weighted by molar-refractivity contribution is 0.0699. The average Bonchev–Trinajstić information content (AvgIpc) is 2.97. The Bertz CT molecular complexity index is 612. The van der Waals surface area contributed by atoms with E-state index in [4.69, 9.17) is 5.11 Å². The van der Waals surface area contributed by atoms with E-state index in [0.717, 1.165) is 18.7 Å². The Labute approximate surface area is 103 Å². The van der Waals surface area contributed by atoms with Gasteiger partial charge in [0, 0.05) is 5.92 Å². The zero-order valence-corrected chi connectivity index (χ0v) is 9.81. The van der Waals surface area contributed by atoms with E-state index in [2.05, 4.69) is 9.97 Å². The molecule has 0 radical (unpaired) electrons. The van der Waals surface area contributed by atoms with Crippen LogP contribution in [-0.4, -0.2) is 26.2 Å². The van der Waals surface area contributed by atoms with Crippen molar-refractivity contribution in [2.75, 3.05) is 0 Å². The maximum atomic E-state index is 11.1. The highest BCUT2D eigenvalue weighted by Gasteiger charge is 2.23. The Morgan fingerprint density at radius 2 is 2.06 bits per heavy atom. The van der Waals surface area contributed by atoms with Crippen molar-refractivity contribution < 1.29 is 15.0 Å². The number of aromatic carboxylic acids is 1. The quantitative estimate of drug-likeness (QED) is 0.760. The smallest absolute Gasteiger partial charge is 0.337 e. The van der Waals surface area contributed by atoms with Gasteiger partial charge in [0.05, 0.1) is 11.1 Å². The number of hydrogen-bond donors (Lipinski definition) is 3. The number of phenolic OH excluding ortho intramolecular Hbond substituents is 1. The second-order valence-electron chi connectivity index (χ2n) is 4.76. The van der Waals surface area contributed by atoms with Crippen LogP contribution in [0, 0.1) is 0 Å². The zero-order chi connectivity index (χ0) is 12.7. The molecule has 94 valence electrons. The molecule has 0 bridgehead atoms. The SMILES string of the molecule is O=C(O)c1ccc(O)c2nc(C3CCCC3)[nH]c12. The highest BCUT2D eigenvalue weighted by molar-refractivity contribution is 6.02. The van der Waals surface area contributed by atoms with Crippen molar-refractivity contribution in [1.29, 1.82) is 0 Å². The highest BCUT2D eigenvalue weighted by Crippen LogP contribution is 2.35. The molecule has 0 unspecified atom stereocenters. The number of nitrogens with one attached hydrogen (secondary N) is 1. The molecule has 1 aromatic carbocycles. The molecule has 3 rings (SSSR count). The molecule has 18 heavy (non-hydrogen) atoms. The molecule has 0 saturated heterocycles. The fourth-order valence-corrected chi connectivity index (χ4v) is 2.67. The van der Waals surface area contributed by atoms with Crippen molar-refractivity contribution in [3.8, 4) is 5.75 Å². The van der Waals surface area contributed by atoms with E-state index in [-0.39, 0.29) is 11.3 Å². The lowest BCUT2D eigenvalue weighted by Crippen LogP contribution is -1.97. The molecule has 5 nitrogen and oxygen atoms in total. The van der Waals surface area contributed by atoms with E-state index < -0.39 is 5.97 Å². The van der Waals surface area contributed by atoms with E-state index in [1.54, 1.807) is 0 Å². The summed E-state index contributed by atoms with van der Waals surface area (Å²) in [4.78, 5) is 18.6. The van der Waals surface area contributed by atoms with Gasteiger partial charge in [0.2, 0.25) is 0 Å². The van der Waals surface area contributed by atoms with Crippen LogP contribution in [0.4, 0.5) is 0 Å². The van der Waals surface area contributed by atoms with Crippen molar-refractivity contribution >= 4 is 17.0 Å². The van der Waals surface area contributed by atoms with Gasteiger partial charge in [-0.1, -0.05) is 12.8 Å². The highest BCUT2D eigenvalue weighted by atomic mass is 16.4. The van der Waals surface area contributed by atoms with Crippen molar-refractivity contribution in [2.45, 2.75) is 31.6 Å². The minimum absolute atomic E-state index is 0.0236.